The minimum absolute atomic E-state index is 0.0756. The molecule has 2 heterocycles. The van der Waals surface area contributed by atoms with E-state index in [-0.39, 0.29) is 12.2 Å². The molecule has 2 unspecified atom stereocenters. The van der Waals surface area contributed by atoms with Gasteiger partial charge in [0.1, 0.15) is 6.10 Å². The molecule has 1 aromatic carbocycles. The molecule has 9 heteroatoms. The Morgan fingerprint density at radius 3 is 2.84 bits per heavy atom. The van der Waals surface area contributed by atoms with E-state index in [4.69, 9.17) is 4.74 Å². The molecule has 2 atom stereocenters. The van der Waals surface area contributed by atoms with Crippen LogP contribution in [-0.2, 0) is 4.74 Å². The van der Waals surface area contributed by atoms with Crippen LogP contribution < -0.4 is 9.64 Å². The number of rotatable bonds is 5. The largest absolute Gasteiger partial charge is 0.427 e. The van der Waals surface area contributed by atoms with Crippen molar-refractivity contribution in [1.82, 2.24) is 0 Å². The van der Waals surface area contributed by atoms with E-state index in [1.54, 1.807) is 17.4 Å². The second kappa shape index (κ2) is 7.32. The maximum atomic E-state index is 12.6. The summed E-state index contributed by atoms with van der Waals surface area (Å²) in [5.41, 5.74) is 1.14. The summed E-state index contributed by atoms with van der Waals surface area (Å²) in [6.45, 7) is -0.135. The van der Waals surface area contributed by atoms with Crippen LogP contribution in [0.1, 0.15) is 18.6 Å². The molecule has 2 aromatic rings. The van der Waals surface area contributed by atoms with Gasteiger partial charge in [-0.1, -0.05) is 0 Å². The van der Waals surface area contributed by atoms with Crippen LogP contribution in [0, 0.1) is 10.1 Å². The fourth-order valence-corrected chi connectivity index (χ4v) is 3.55. The number of nitro groups is 1. The van der Waals surface area contributed by atoms with Crippen molar-refractivity contribution in [3.05, 3.63) is 50.7 Å². The first kappa shape index (κ1) is 17.6. The number of benzene rings is 1. The maximum absolute atomic E-state index is 12.6. The molecule has 0 saturated carbocycles. The lowest BCUT2D eigenvalue weighted by molar-refractivity contribution is -0.386. The molecule has 0 spiro atoms. The van der Waals surface area contributed by atoms with Crippen LogP contribution in [0.4, 0.5) is 20.2 Å². The number of halogens is 2. The zero-order valence-corrected chi connectivity index (χ0v) is 14.1. The van der Waals surface area contributed by atoms with Gasteiger partial charge in [0.15, 0.2) is 0 Å². The lowest BCUT2D eigenvalue weighted by atomic mass is 10.1. The van der Waals surface area contributed by atoms with Gasteiger partial charge in [-0.2, -0.15) is 20.1 Å². The van der Waals surface area contributed by atoms with Crippen LogP contribution in [0.2, 0.25) is 0 Å². The van der Waals surface area contributed by atoms with Crippen LogP contribution in [0.3, 0.4) is 0 Å². The highest BCUT2D eigenvalue weighted by Gasteiger charge is 2.28. The molecule has 1 fully saturated rings. The third-order valence-electron chi connectivity index (χ3n) is 3.90. The van der Waals surface area contributed by atoms with Crippen LogP contribution in [-0.4, -0.2) is 30.7 Å². The van der Waals surface area contributed by atoms with E-state index in [0.29, 0.717) is 18.8 Å². The van der Waals surface area contributed by atoms with Gasteiger partial charge in [0.05, 0.1) is 11.0 Å². The van der Waals surface area contributed by atoms with Crippen molar-refractivity contribution in [1.29, 1.82) is 0 Å². The van der Waals surface area contributed by atoms with Crippen molar-refractivity contribution in [2.24, 2.45) is 0 Å². The lowest BCUT2D eigenvalue weighted by Gasteiger charge is -2.38. The van der Waals surface area contributed by atoms with Gasteiger partial charge in [0, 0.05) is 30.9 Å². The van der Waals surface area contributed by atoms with E-state index in [1.165, 1.54) is 12.1 Å². The van der Waals surface area contributed by atoms with Crippen molar-refractivity contribution >= 4 is 22.7 Å². The van der Waals surface area contributed by atoms with Crippen LogP contribution in [0.5, 0.6) is 5.75 Å². The molecule has 1 aromatic heterocycles. The first-order chi connectivity index (χ1) is 11.9. The Morgan fingerprint density at radius 2 is 2.20 bits per heavy atom. The fraction of sp³-hybridized carbons (Fsp3) is 0.375. The Morgan fingerprint density at radius 1 is 1.40 bits per heavy atom. The van der Waals surface area contributed by atoms with E-state index >= 15 is 0 Å². The fourth-order valence-electron chi connectivity index (χ4n) is 2.85. The van der Waals surface area contributed by atoms with Crippen molar-refractivity contribution < 1.29 is 23.2 Å². The average molecular weight is 370 g/mol. The molecular formula is C16H16F2N2O4S. The zero-order valence-electron chi connectivity index (χ0n) is 13.3. The molecule has 0 aliphatic carbocycles. The Labute approximate surface area is 146 Å². The van der Waals surface area contributed by atoms with Crippen molar-refractivity contribution in [2.75, 3.05) is 18.0 Å². The lowest BCUT2D eigenvalue weighted by Crippen LogP contribution is -2.42. The van der Waals surface area contributed by atoms with Gasteiger partial charge in [-0.15, -0.1) is 0 Å². The Hall–Kier alpha value is -2.26. The van der Waals surface area contributed by atoms with Crippen molar-refractivity contribution in [3.63, 3.8) is 0 Å². The van der Waals surface area contributed by atoms with Gasteiger partial charge in [0.25, 0.3) is 0 Å². The molecule has 3 rings (SSSR count). The smallest absolute Gasteiger partial charge is 0.387 e. The molecule has 1 saturated heterocycles. The summed E-state index contributed by atoms with van der Waals surface area (Å²) >= 11 is 1.57. The summed E-state index contributed by atoms with van der Waals surface area (Å²) in [4.78, 5) is 12.2. The van der Waals surface area contributed by atoms with E-state index in [2.05, 4.69) is 4.74 Å². The van der Waals surface area contributed by atoms with Gasteiger partial charge in [-0.25, -0.2) is 0 Å². The molecular weight excluding hydrogens is 354 g/mol. The number of nitrogens with zero attached hydrogens (tertiary/aromatic N) is 2. The monoisotopic (exact) mass is 370 g/mol. The highest BCUT2D eigenvalue weighted by molar-refractivity contribution is 7.07. The molecule has 134 valence electrons. The molecule has 0 N–H and O–H groups in total. The summed E-state index contributed by atoms with van der Waals surface area (Å²) in [6, 6.07) is 5.99. The summed E-state index contributed by atoms with van der Waals surface area (Å²) in [5.74, 6) is -0.441. The third kappa shape index (κ3) is 4.05. The highest BCUT2D eigenvalue weighted by atomic mass is 32.1. The van der Waals surface area contributed by atoms with Gasteiger partial charge in [0.2, 0.25) is 5.75 Å². The molecule has 0 amide bonds. The van der Waals surface area contributed by atoms with Crippen molar-refractivity contribution in [2.45, 2.75) is 25.7 Å². The molecule has 0 radical (unpaired) electrons. The van der Waals surface area contributed by atoms with Gasteiger partial charge >= 0.3 is 12.3 Å². The number of alkyl halides is 2. The van der Waals surface area contributed by atoms with E-state index in [0.717, 1.165) is 5.56 Å². The average Bonchev–Trinajstić information content (AvgIpc) is 3.08. The van der Waals surface area contributed by atoms with Crippen molar-refractivity contribution in [3.8, 4) is 5.75 Å². The molecule has 0 bridgehead atoms. The molecule has 6 nitrogen and oxygen atoms in total. The van der Waals surface area contributed by atoms with E-state index < -0.39 is 23.0 Å². The summed E-state index contributed by atoms with van der Waals surface area (Å²) in [5, 5.41) is 15.0. The predicted octanol–water partition coefficient (Wildman–Crippen LogP) is 4.22. The minimum Gasteiger partial charge on any atom is -0.427 e. The normalized spacial score (nSPS) is 20.7. The second-order valence-corrected chi connectivity index (χ2v) is 6.46. The van der Waals surface area contributed by atoms with Crippen LogP contribution in [0.25, 0.3) is 0 Å². The first-order valence-corrected chi connectivity index (χ1v) is 8.54. The topological polar surface area (TPSA) is 64.8 Å². The number of hydrogen-bond donors (Lipinski definition) is 0. The Kier molecular flexibility index (Phi) is 5.14. The molecule has 25 heavy (non-hydrogen) atoms. The molecule has 1 aliphatic rings. The number of nitro benzene ring substituents is 1. The van der Waals surface area contributed by atoms with E-state index in [9.17, 15) is 18.9 Å². The number of morpholine rings is 1. The number of hydrogen-bond acceptors (Lipinski definition) is 6. The Bertz CT molecular complexity index is 742. The van der Waals surface area contributed by atoms with Crippen LogP contribution in [0.15, 0.2) is 35.0 Å². The van der Waals surface area contributed by atoms with Gasteiger partial charge in [-0.05, 0) is 35.4 Å². The SMILES string of the molecule is CC1CN(c2ccc([N+](=O)[O-])c(OC(F)F)c2)CC(c2ccsc2)O1. The van der Waals surface area contributed by atoms with Gasteiger partial charge < -0.3 is 14.4 Å². The Balaban J connectivity index is 1.88. The van der Waals surface area contributed by atoms with Crippen LogP contribution >= 0.6 is 11.3 Å². The number of anilines is 1. The standard InChI is InChI=1S/C16H16F2N2O4S/c1-10-7-19(8-15(23-10)11-4-5-25-9-11)12-2-3-13(20(21)22)14(6-12)24-16(17)18/h2-6,9-10,15-16H,7-8H2,1H3. The maximum Gasteiger partial charge on any atom is 0.387 e. The summed E-state index contributed by atoms with van der Waals surface area (Å²) in [7, 11) is 0. The summed E-state index contributed by atoms with van der Waals surface area (Å²) in [6.07, 6.45) is -0.224. The highest BCUT2D eigenvalue weighted by Crippen LogP contribution is 2.35. The number of thiophene rings is 1. The quantitative estimate of drug-likeness (QED) is 0.582. The predicted molar refractivity (Wildman–Crippen MR) is 89.5 cm³/mol. The van der Waals surface area contributed by atoms with Gasteiger partial charge in [-0.3, -0.25) is 10.1 Å². The minimum atomic E-state index is -3.13. The second-order valence-electron chi connectivity index (χ2n) is 5.68. The third-order valence-corrected chi connectivity index (χ3v) is 4.60. The summed E-state index contributed by atoms with van der Waals surface area (Å²) < 4.78 is 35.4. The first-order valence-electron chi connectivity index (χ1n) is 7.60. The molecule has 1 aliphatic heterocycles. The van der Waals surface area contributed by atoms with E-state index in [1.807, 2.05) is 28.7 Å². The zero-order chi connectivity index (χ0) is 18.0. The number of ether oxygens (including phenoxy) is 2.